The first kappa shape index (κ1) is 24.1. The Morgan fingerprint density at radius 2 is 1.92 bits per heavy atom. The Morgan fingerprint density at radius 3 is 2.48 bits per heavy atom. The first-order chi connectivity index (χ1) is 11.4. The van der Waals surface area contributed by atoms with Gasteiger partial charge in [0.2, 0.25) is 5.89 Å². The van der Waals surface area contributed by atoms with Gasteiger partial charge in [-0.15, -0.1) is 24.0 Å². The van der Waals surface area contributed by atoms with Gasteiger partial charge in [-0.3, -0.25) is 0 Å². The van der Waals surface area contributed by atoms with E-state index in [1.165, 1.54) is 25.7 Å². The quantitative estimate of drug-likeness (QED) is 0.245. The van der Waals surface area contributed by atoms with Crippen molar-refractivity contribution in [3.05, 3.63) is 11.7 Å². The second-order valence-corrected chi connectivity index (χ2v) is 7.36. The first-order valence-corrected chi connectivity index (χ1v) is 9.24. The second kappa shape index (κ2) is 12.5. The Bertz CT molecular complexity index is 496. The number of hydrogen-bond acceptors (Lipinski definition) is 4. The summed E-state index contributed by atoms with van der Waals surface area (Å²) in [6.45, 7) is 13.9. The monoisotopic (exact) mass is 465 g/mol. The highest BCUT2D eigenvalue weighted by molar-refractivity contribution is 14.0. The number of nitrogens with one attached hydrogen (secondary N) is 2. The Hall–Kier alpha value is -0.860. The molecule has 0 aromatic carbocycles. The average Bonchev–Trinajstić information content (AvgIpc) is 2.99. The summed E-state index contributed by atoms with van der Waals surface area (Å²) < 4.78 is 5.31. The predicted octanol–water partition coefficient (Wildman–Crippen LogP) is 4.40. The third kappa shape index (κ3) is 10.0. The molecule has 6 nitrogen and oxygen atoms in total. The zero-order chi connectivity index (χ0) is 18.0. The molecule has 0 amide bonds. The Balaban J connectivity index is 0.00000576. The molecule has 1 aromatic rings. The van der Waals surface area contributed by atoms with Crippen LogP contribution in [0.25, 0.3) is 0 Å². The SMILES string of the molecule is CCCCCCC(C)NC(=NCc1noc(C(C)(C)C)n1)NCC.I. The molecule has 1 unspecified atom stereocenters. The number of nitrogens with zero attached hydrogens (tertiary/aromatic N) is 3. The summed E-state index contributed by atoms with van der Waals surface area (Å²) in [7, 11) is 0. The maximum atomic E-state index is 5.31. The molecule has 0 aliphatic rings. The topological polar surface area (TPSA) is 75.3 Å². The summed E-state index contributed by atoms with van der Waals surface area (Å²) >= 11 is 0. The average molecular weight is 465 g/mol. The summed E-state index contributed by atoms with van der Waals surface area (Å²) in [5, 5.41) is 10.7. The minimum absolute atomic E-state index is 0. The standard InChI is InChI=1S/C18H35N5O.HI/c1-7-9-10-11-12-14(3)21-17(19-8-2)20-13-15-22-16(24-23-15)18(4,5)6;/h14H,7-13H2,1-6H3,(H2,19,20,21);1H. The van der Waals surface area contributed by atoms with E-state index in [1.54, 1.807) is 0 Å². The van der Waals surface area contributed by atoms with E-state index in [0.717, 1.165) is 18.9 Å². The highest BCUT2D eigenvalue weighted by Crippen LogP contribution is 2.19. The third-order valence-electron chi connectivity index (χ3n) is 3.71. The van der Waals surface area contributed by atoms with Crippen LogP contribution in [0.1, 0.15) is 85.4 Å². The Morgan fingerprint density at radius 1 is 1.20 bits per heavy atom. The zero-order valence-corrected chi connectivity index (χ0v) is 19.0. The molecule has 0 aliphatic heterocycles. The maximum Gasteiger partial charge on any atom is 0.232 e. The summed E-state index contributed by atoms with van der Waals surface area (Å²) in [4.78, 5) is 9.00. The summed E-state index contributed by atoms with van der Waals surface area (Å²) in [5.41, 5.74) is -0.134. The molecule has 7 heteroatoms. The van der Waals surface area contributed by atoms with Gasteiger partial charge in [-0.25, -0.2) is 4.99 Å². The lowest BCUT2D eigenvalue weighted by Crippen LogP contribution is -2.42. The Kier molecular flexibility index (Phi) is 12.1. The molecule has 25 heavy (non-hydrogen) atoms. The van der Waals surface area contributed by atoms with E-state index in [4.69, 9.17) is 4.52 Å². The van der Waals surface area contributed by atoms with Crippen molar-refractivity contribution in [3.8, 4) is 0 Å². The molecule has 1 aromatic heterocycles. The Labute approximate surface area is 170 Å². The van der Waals surface area contributed by atoms with Crippen LogP contribution < -0.4 is 10.6 Å². The van der Waals surface area contributed by atoms with Crippen LogP contribution in [0.4, 0.5) is 0 Å². The molecular weight excluding hydrogens is 429 g/mol. The van der Waals surface area contributed by atoms with Crippen LogP contribution in [0, 0.1) is 0 Å². The number of rotatable bonds is 9. The molecule has 1 atom stereocenters. The number of unbranched alkanes of at least 4 members (excludes halogenated alkanes) is 3. The largest absolute Gasteiger partial charge is 0.357 e. The third-order valence-corrected chi connectivity index (χ3v) is 3.71. The molecule has 0 saturated carbocycles. The molecule has 1 rings (SSSR count). The van der Waals surface area contributed by atoms with Crippen LogP contribution in [0.5, 0.6) is 0 Å². The van der Waals surface area contributed by atoms with E-state index >= 15 is 0 Å². The van der Waals surface area contributed by atoms with E-state index in [2.05, 4.69) is 67.3 Å². The van der Waals surface area contributed by atoms with Gasteiger partial charge in [0, 0.05) is 18.0 Å². The van der Waals surface area contributed by atoms with Gasteiger partial charge in [-0.05, 0) is 20.3 Å². The fourth-order valence-electron chi connectivity index (χ4n) is 2.28. The van der Waals surface area contributed by atoms with Gasteiger partial charge >= 0.3 is 0 Å². The van der Waals surface area contributed by atoms with Crippen LogP contribution in [-0.4, -0.2) is 28.7 Å². The van der Waals surface area contributed by atoms with Gasteiger partial charge in [0.25, 0.3) is 0 Å². The number of aliphatic imine (C=N–C) groups is 1. The fourth-order valence-corrected chi connectivity index (χ4v) is 2.28. The van der Waals surface area contributed by atoms with E-state index < -0.39 is 0 Å². The molecule has 0 bridgehead atoms. The molecule has 146 valence electrons. The van der Waals surface area contributed by atoms with Crippen molar-refractivity contribution in [1.29, 1.82) is 0 Å². The maximum absolute atomic E-state index is 5.31. The molecule has 0 spiro atoms. The fraction of sp³-hybridized carbons (Fsp3) is 0.833. The van der Waals surface area contributed by atoms with Gasteiger partial charge in [-0.1, -0.05) is 58.5 Å². The van der Waals surface area contributed by atoms with E-state index in [1.807, 2.05) is 0 Å². The molecule has 0 aliphatic carbocycles. The van der Waals surface area contributed by atoms with Crippen LogP contribution in [0.2, 0.25) is 0 Å². The van der Waals surface area contributed by atoms with Crippen molar-refractivity contribution in [2.75, 3.05) is 6.54 Å². The summed E-state index contributed by atoms with van der Waals surface area (Å²) in [6.07, 6.45) is 6.29. The van der Waals surface area contributed by atoms with Gasteiger partial charge in [0.1, 0.15) is 6.54 Å². The lowest BCUT2D eigenvalue weighted by atomic mass is 9.97. The van der Waals surface area contributed by atoms with E-state index in [9.17, 15) is 0 Å². The zero-order valence-electron chi connectivity index (χ0n) is 16.7. The minimum atomic E-state index is -0.134. The van der Waals surface area contributed by atoms with Crippen molar-refractivity contribution in [3.63, 3.8) is 0 Å². The van der Waals surface area contributed by atoms with Gasteiger partial charge in [-0.2, -0.15) is 4.98 Å². The number of aromatic nitrogens is 2. The molecule has 0 radical (unpaired) electrons. The van der Waals surface area contributed by atoms with Gasteiger partial charge < -0.3 is 15.2 Å². The van der Waals surface area contributed by atoms with Gasteiger partial charge in [0.15, 0.2) is 11.8 Å². The molecule has 0 fully saturated rings. The predicted molar refractivity (Wildman–Crippen MR) is 115 cm³/mol. The lowest BCUT2D eigenvalue weighted by molar-refractivity contribution is 0.318. The van der Waals surface area contributed by atoms with Gasteiger partial charge in [0.05, 0.1) is 0 Å². The van der Waals surface area contributed by atoms with E-state index in [0.29, 0.717) is 24.3 Å². The highest BCUT2D eigenvalue weighted by atomic mass is 127. The van der Waals surface area contributed by atoms with Crippen molar-refractivity contribution in [2.24, 2.45) is 4.99 Å². The van der Waals surface area contributed by atoms with Crippen molar-refractivity contribution in [2.45, 2.75) is 91.6 Å². The highest BCUT2D eigenvalue weighted by Gasteiger charge is 2.21. The smallest absolute Gasteiger partial charge is 0.232 e. The normalized spacial score (nSPS) is 13.3. The van der Waals surface area contributed by atoms with Crippen molar-refractivity contribution in [1.82, 2.24) is 20.8 Å². The van der Waals surface area contributed by atoms with E-state index in [-0.39, 0.29) is 29.4 Å². The molecule has 2 N–H and O–H groups in total. The molecule has 1 heterocycles. The van der Waals surface area contributed by atoms with Crippen LogP contribution in [0.15, 0.2) is 9.52 Å². The lowest BCUT2D eigenvalue weighted by Gasteiger charge is -2.17. The van der Waals surface area contributed by atoms with Crippen LogP contribution in [-0.2, 0) is 12.0 Å². The number of guanidine groups is 1. The minimum Gasteiger partial charge on any atom is -0.357 e. The summed E-state index contributed by atoms with van der Waals surface area (Å²) in [5.74, 6) is 2.07. The second-order valence-electron chi connectivity index (χ2n) is 7.36. The molecular formula is C18H36IN5O. The number of halogens is 1. The van der Waals surface area contributed by atoms with Crippen molar-refractivity contribution < 1.29 is 4.52 Å². The number of hydrogen-bond donors (Lipinski definition) is 2. The summed E-state index contributed by atoms with van der Waals surface area (Å²) in [6, 6.07) is 0.398. The molecule has 0 saturated heterocycles. The van der Waals surface area contributed by atoms with Crippen molar-refractivity contribution >= 4 is 29.9 Å². The van der Waals surface area contributed by atoms with Crippen LogP contribution >= 0.6 is 24.0 Å². The van der Waals surface area contributed by atoms with Crippen LogP contribution in [0.3, 0.4) is 0 Å². The first-order valence-electron chi connectivity index (χ1n) is 9.24.